The van der Waals surface area contributed by atoms with Gasteiger partial charge in [-0.1, -0.05) is 31.5 Å². The molecule has 1 heterocycles. The predicted octanol–water partition coefficient (Wildman–Crippen LogP) is 0.307. The Balaban J connectivity index is 0.00000300. The SMILES string of the molecule is CCN(CC)CCN(c1ccc2c(c1)OCCO2)S(=O)(=O)c1ccc(C)cc1.[Cl-]. The molecule has 160 valence electrons. The first-order valence-electron chi connectivity index (χ1n) is 9.67. The summed E-state index contributed by atoms with van der Waals surface area (Å²) in [5.74, 6) is 1.22. The minimum absolute atomic E-state index is 0. The van der Waals surface area contributed by atoms with Crippen LogP contribution in [0, 0.1) is 6.92 Å². The first-order chi connectivity index (χ1) is 13.5. The molecule has 2 aromatic rings. The molecule has 1 aliphatic rings. The first-order valence-corrected chi connectivity index (χ1v) is 11.1. The monoisotopic (exact) mass is 439 g/mol. The number of hydrogen-bond acceptors (Lipinski definition) is 5. The van der Waals surface area contributed by atoms with Crippen LogP contribution in [0.2, 0.25) is 0 Å². The molecular weight excluding hydrogens is 412 g/mol. The number of likely N-dealkylation sites (N-methyl/N-ethyl adjacent to an activating group) is 1. The van der Waals surface area contributed by atoms with Crippen molar-refractivity contribution < 1.29 is 30.3 Å². The van der Waals surface area contributed by atoms with E-state index in [2.05, 4.69) is 18.7 Å². The van der Waals surface area contributed by atoms with Crippen molar-refractivity contribution in [2.75, 3.05) is 43.7 Å². The lowest BCUT2D eigenvalue weighted by Gasteiger charge is -2.29. The Labute approximate surface area is 179 Å². The second-order valence-electron chi connectivity index (χ2n) is 6.75. The highest BCUT2D eigenvalue weighted by Gasteiger charge is 2.26. The van der Waals surface area contributed by atoms with Gasteiger partial charge in [0.15, 0.2) is 11.5 Å². The lowest BCUT2D eigenvalue weighted by Crippen LogP contribution is -3.00. The minimum Gasteiger partial charge on any atom is -1.00 e. The summed E-state index contributed by atoms with van der Waals surface area (Å²) in [6, 6.07) is 12.3. The number of hydrogen-bond donors (Lipinski definition) is 0. The number of anilines is 1. The van der Waals surface area contributed by atoms with Crippen LogP contribution in [0.15, 0.2) is 47.4 Å². The van der Waals surface area contributed by atoms with Crippen LogP contribution < -0.4 is 26.2 Å². The second-order valence-corrected chi connectivity index (χ2v) is 8.61. The zero-order valence-electron chi connectivity index (χ0n) is 17.1. The molecule has 1 aliphatic heterocycles. The van der Waals surface area contributed by atoms with E-state index in [1.54, 1.807) is 30.3 Å². The standard InChI is InChI=1S/C21H28N2O4S.ClH/c1-4-22(5-2)12-13-23(28(24,25)19-9-6-17(3)7-10-19)18-8-11-20-21(16-18)27-15-14-26-20;/h6-11,16H,4-5,12-15H2,1-3H3;1H/p-1. The van der Waals surface area contributed by atoms with E-state index in [1.807, 2.05) is 19.1 Å². The topological polar surface area (TPSA) is 59.1 Å². The Bertz CT molecular complexity index is 899. The molecule has 0 aliphatic carbocycles. The van der Waals surface area contributed by atoms with Gasteiger partial charge in [0.2, 0.25) is 0 Å². The van der Waals surface area contributed by atoms with Crippen molar-refractivity contribution in [1.29, 1.82) is 0 Å². The molecule has 0 N–H and O–H groups in total. The summed E-state index contributed by atoms with van der Waals surface area (Å²) < 4.78 is 39.6. The largest absolute Gasteiger partial charge is 1.00 e. The smallest absolute Gasteiger partial charge is 0.264 e. The summed E-state index contributed by atoms with van der Waals surface area (Å²) in [4.78, 5) is 2.49. The summed E-state index contributed by atoms with van der Waals surface area (Å²) in [7, 11) is -3.70. The molecule has 8 heteroatoms. The van der Waals surface area contributed by atoms with Gasteiger partial charge in [-0.2, -0.15) is 0 Å². The van der Waals surface area contributed by atoms with Crippen LogP contribution in [0.4, 0.5) is 5.69 Å². The first kappa shape index (κ1) is 23.3. The van der Waals surface area contributed by atoms with Crippen molar-refractivity contribution in [1.82, 2.24) is 4.90 Å². The number of fused-ring (bicyclic) bond motifs is 1. The third-order valence-electron chi connectivity index (χ3n) is 4.94. The molecule has 0 saturated heterocycles. The third kappa shape index (κ3) is 5.35. The minimum atomic E-state index is -3.70. The van der Waals surface area contributed by atoms with Crippen LogP contribution in [-0.4, -0.2) is 52.7 Å². The normalized spacial score (nSPS) is 13.1. The number of rotatable bonds is 8. The maximum absolute atomic E-state index is 13.4. The van der Waals surface area contributed by atoms with Crippen molar-refractivity contribution in [3.8, 4) is 11.5 Å². The summed E-state index contributed by atoms with van der Waals surface area (Å²) in [5, 5.41) is 0. The van der Waals surface area contributed by atoms with E-state index in [9.17, 15) is 8.42 Å². The van der Waals surface area contributed by atoms with Crippen LogP contribution in [0.3, 0.4) is 0 Å². The predicted molar refractivity (Wildman–Crippen MR) is 111 cm³/mol. The molecule has 2 aromatic carbocycles. The van der Waals surface area contributed by atoms with Crippen molar-refractivity contribution in [3.63, 3.8) is 0 Å². The summed E-state index contributed by atoms with van der Waals surface area (Å²) in [6.07, 6.45) is 0. The van der Waals surface area contributed by atoms with Gasteiger partial charge in [0.25, 0.3) is 10.0 Å². The number of halogens is 1. The lowest BCUT2D eigenvalue weighted by atomic mass is 10.2. The van der Waals surface area contributed by atoms with E-state index in [-0.39, 0.29) is 17.3 Å². The number of nitrogens with zero attached hydrogens (tertiary/aromatic N) is 2. The molecule has 0 fully saturated rings. The van der Waals surface area contributed by atoms with Crippen molar-refractivity contribution in [2.24, 2.45) is 0 Å². The molecule has 0 aromatic heterocycles. The average molecular weight is 440 g/mol. The van der Waals surface area contributed by atoms with E-state index in [4.69, 9.17) is 9.47 Å². The molecule has 6 nitrogen and oxygen atoms in total. The van der Waals surface area contributed by atoms with E-state index >= 15 is 0 Å². The van der Waals surface area contributed by atoms with E-state index in [1.165, 1.54) is 4.31 Å². The summed E-state index contributed by atoms with van der Waals surface area (Å²) in [5.41, 5.74) is 1.60. The van der Waals surface area contributed by atoms with E-state index < -0.39 is 10.0 Å². The lowest BCUT2D eigenvalue weighted by molar-refractivity contribution is -0.00000882. The van der Waals surface area contributed by atoms with Crippen LogP contribution in [-0.2, 0) is 10.0 Å². The number of ether oxygens (including phenoxy) is 2. The van der Waals surface area contributed by atoms with Gasteiger partial charge in [-0.15, -0.1) is 0 Å². The number of benzene rings is 2. The molecular formula is C21H28ClN2O4S-. The molecule has 0 spiro atoms. The van der Waals surface area contributed by atoms with E-state index in [0.29, 0.717) is 43.5 Å². The fourth-order valence-electron chi connectivity index (χ4n) is 3.18. The van der Waals surface area contributed by atoms with E-state index in [0.717, 1.165) is 18.7 Å². The zero-order valence-corrected chi connectivity index (χ0v) is 18.7. The highest BCUT2D eigenvalue weighted by Crippen LogP contribution is 2.35. The Kier molecular flexibility index (Phi) is 8.19. The quantitative estimate of drug-likeness (QED) is 0.592. The maximum atomic E-state index is 13.4. The fraction of sp³-hybridized carbons (Fsp3) is 0.429. The molecule has 0 amide bonds. The Morgan fingerprint density at radius 2 is 1.52 bits per heavy atom. The van der Waals surface area contributed by atoms with Gasteiger partial charge >= 0.3 is 0 Å². The summed E-state index contributed by atoms with van der Waals surface area (Å²) >= 11 is 0. The van der Waals surface area contributed by atoms with Crippen LogP contribution in [0.25, 0.3) is 0 Å². The molecule has 0 atom stereocenters. The highest BCUT2D eigenvalue weighted by molar-refractivity contribution is 7.92. The molecule has 0 bridgehead atoms. The summed E-state index contributed by atoms with van der Waals surface area (Å²) in [6.45, 7) is 9.80. The van der Waals surface area contributed by atoms with Crippen LogP contribution >= 0.6 is 0 Å². The molecule has 0 unspecified atom stereocenters. The third-order valence-corrected chi connectivity index (χ3v) is 6.78. The van der Waals surface area contributed by atoms with Gasteiger partial charge < -0.3 is 26.8 Å². The van der Waals surface area contributed by atoms with Gasteiger partial charge in [0.05, 0.1) is 10.6 Å². The maximum Gasteiger partial charge on any atom is 0.264 e. The molecule has 3 rings (SSSR count). The number of aryl methyl sites for hydroxylation is 1. The molecule has 29 heavy (non-hydrogen) atoms. The van der Waals surface area contributed by atoms with Crippen LogP contribution in [0.1, 0.15) is 19.4 Å². The van der Waals surface area contributed by atoms with Gasteiger partial charge in [-0.25, -0.2) is 8.42 Å². The van der Waals surface area contributed by atoms with Gasteiger partial charge in [-0.3, -0.25) is 4.31 Å². The highest BCUT2D eigenvalue weighted by atomic mass is 35.5. The Hall–Kier alpha value is -1.96. The van der Waals surface area contributed by atoms with Gasteiger partial charge in [-0.05, 0) is 44.3 Å². The van der Waals surface area contributed by atoms with Crippen LogP contribution in [0.5, 0.6) is 11.5 Å². The van der Waals surface area contributed by atoms with Crippen molar-refractivity contribution in [2.45, 2.75) is 25.7 Å². The zero-order chi connectivity index (χ0) is 20.1. The molecule has 0 saturated carbocycles. The average Bonchev–Trinajstić information content (AvgIpc) is 2.71. The number of sulfonamides is 1. The van der Waals surface area contributed by atoms with Crippen molar-refractivity contribution >= 4 is 15.7 Å². The van der Waals surface area contributed by atoms with Gasteiger partial charge in [0, 0.05) is 19.2 Å². The van der Waals surface area contributed by atoms with Gasteiger partial charge in [0.1, 0.15) is 13.2 Å². The molecule has 0 radical (unpaired) electrons. The second kappa shape index (κ2) is 10.2. The van der Waals surface area contributed by atoms with Crippen molar-refractivity contribution in [3.05, 3.63) is 48.0 Å². The Morgan fingerprint density at radius 1 is 0.897 bits per heavy atom. The fourth-order valence-corrected chi connectivity index (χ4v) is 4.63. The Morgan fingerprint density at radius 3 is 2.14 bits per heavy atom.